The van der Waals surface area contributed by atoms with Crippen LogP contribution in [0.4, 0.5) is 5.82 Å². The van der Waals surface area contributed by atoms with Crippen molar-refractivity contribution in [2.24, 2.45) is 5.92 Å². The van der Waals surface area contributed by atoms with E-state index in [2.05, 4.69) is 38.0 Å². The van der Waals surface area contributed by atoms with Gasteiger partial charge in [-0.25, -0.2) is 9.97 Å². The standard InChI is InChI=1S/C16H26ClN3O/c1-10-13(17)19-15(16(3,4)5)20-14(10)18-11(2)12-6-8-21-9-7-12/h11-12H,6-9H2,1-5H3,(H,18,19,20). The molecular formula is C16H26ClN3O. The van der Waals surface area contributed by atoms with E-state index in [1.54, 1.807) is 0 Å². The van der Waals surface area contributed by atoms with Crippen LogP contribution in [0.3, 0.4) is 0 Å². The summed E-state index contributed by atoms with van der Waals surface area (Å²) in [6.07, 6.45) is 2.19. The third-order valence-corrected chi connectivity index (χ3v) is 4.46. The van der Waals surface area contributed by atoms with E-state index in [-0.39, 0.29) is 5.41 Å². The Kier molecular flexibility index (Phi) is 5.10. The van der Waals surface area contributed by atoms with Gasteiger partial charge in [0.25, 0.3) is 0 Å². The molecule has 1 fully saturated rings. The molecule has 1 unspecified atom stereocenters. The van der Waals surface area contributed by atoms with Gasteiger partial charge in [-0.3, -0.25) is 0 Å². The molecule has 21 heavy (non-hydrogen) atoms. The molecular weight excluding hydrogens is 286 g/mol. The highest BCUT2D eigenvalue weighted by Gasteiger charge is 2.24. The maximum Gasteiger partial charge on any atom is 0.137 e. The average molecular weight is 312 g/mol. The van der Waals surface area contributed by atoms with Gasteiger partial charge in [0.15, 0.2) is 0 Å². The molecule has 0 spiro atoms. The number of rotatable bonds is 3. The third kappa shape index (κ3) is 4.07. The molecule has 0 saturated carbocycles. The van der Waals surface area contributed by atoms with Gasteiger partial charge < -0.3 is 10.1 Å². The number of nitrogens with zero attached hydrogens (tertiary/aromatic N) is 2. The largest absolute Gasteiger partial charge is 0.381 e. The van der Waals surface area contributed by atoms with Gasteiger partial charge in [-0.2, -0.15) is 0 Å². The number of ether oxygens (including phenoxy) is 1. The predicted octanol–water partition coefficient (Wildman–Crippen LogP) is 3.96. The monoisotopic (exact) mass is 311 g/mol. The van der Waals surface area contributed by atoms with Crippen LogP contribution in [0, 0.1) is 12.8 Å². The van der Waals surface area contributed by atoms with Crippen molar-refractivity contribution >= 4 is 17.4 Å². The molecule has 2 heterocycles. The molecule has 1 atom stereocenters. The van der Waals surface area contributed by atoms with E-state index in [1.165, 1.54) is 0 Å². The van der Waals surface area contributed by atoms with Gasteiger partial charge in [-0.1, -0.05) is 32.4 Å². The second kappa shape index (κ2) is 6.49. The Bertz CT molecular complexity index is 493. The van der Waals surface area contributed by atoms with E-state index in [4.69, 9.17) is 21.3 Å². The zero-order valence-electron chi connectivity index (χ0n) is 13.7. The Morgan fingerprint density at radius 1 is 1.24 bits per heavy atom. The number of nitrogens with one attached hydrogen (secondary N) is 1. The van der Waals surface area contributed by atoms with E-state index in [9.17, 15) is 0 Å². The quantitative estimate of drug-likeness (QED) is 0.858. The summed E-state index contributed by atoms with van der Waals surface area (Å²) < 4.78 is 5.43. The minimum absolute atomic E-state index is 0.115. The molecule has 2 rings (SSSR count). The number of anilines is 1. The van der Waals surface area contributed by atoms with Gasteiger partial charge in [0.2, 0.25) is 0 Å². The van der Waals surface area contributed by atoms with Crippen LogP contribution in [0.5, 0.6) is 0 Å². The molecule has 1 aromatic heterocycles. The van der Waals surface area contributed by atoms with Crippen LogP contribution >= 0.6 is 11.6 Å². The van der Waals surface area contributed by atoms with Crippen LogP contribution in [0.1, 0.15) is 51.9 Å². The zero-order chi connectivity index (χ0) is 15.6. The molecule has 0 radical (unpaired) electrons. The first-order valence-corrected chi connectivity index (χ1v) is 8.05. The fourth-order valence-electron chi connectivity index (χ4n) is 2.51. The van der Waals surface area contributed by atoms with Gasteiger partial charge in [-0.05, 0) is 32.6 Å². The van der Waals surface area contributed by atoms with Gasteiger partial charge in [-0.15, -0.1) is 0 Å². The summed E-state index contributed by atoms with van der Waals surface area (Å²) in [7, 11) is 0. The van der Waals surface area contributed by atoms with Crippen molar-refractivity contribution in [3.63, 3.8) is 0 Å². The van der Waals surface area contributed by atoms with Crippen molar-refractivity contribution in [2.45, 2.75) is 58.9 Å². The van der Waals surface area contributed by atoms with Gasteiger partial charge in [0.1, 0.15) is 16.8 Å². The lowest BCUT2D eigenvalue weighted by atomic mass is 9.93. The summed E-state index contributed by atoms with van der Waals surface area (Å²) >= 11 is 6.28. The Morgan fingerprint density at radius 3 is 2.43 bits per heavy atom. The van der Waals surface area contributed by atoms with Gasteiger partial charge in [0, 0.05) is 30.2 Å². The topological polar surface area (TPSA) is 47.0 Å². The molecule has 0 aliphatic carbocycles. The fraction of sp³-hybridized carbons (Fsp3) is 0.750. The van der Waals surface area contributed by atoms with Crippen LogP contribution in [0.15, 0.2) is 0 Å². The summed E-state index contributed by atoms with van der Waals surface area (Å²) in [4.78, 5) is 9.12. The Balaban J connectivity index is 2.20. The Hall–Kier alpha value is -0.870. The van der Waals surface area contributed by atoms with Crippen LogP contribution in [0.25, 0.3) is 0 Å². The number of aromatic nitrogens is 2. The SMILES string of the molecule is Cc1c(Cl)nc(C(C)(C)C)nc1NC(C)C1CCOCC1. The molecule has 0 amide bonds. The lowest BCUT2D eigenvalue weighted by Gasteiger charge is -2.29. The maximum atomic E-state index is 6.28. The highest BCUT2D eigenvalue weighted by Crippen LogP contribution is 2.28. The zero-order valence-corrected chi connectivity index (χ0v) is 14.4. The minimum Gasteiger partial charge on any atom is -0.381 e. The summed E-state index contributed by atoms with van der Waals surface area (Å²) in [5.74, 6) is 2.25. The molecule has 0 aromatic carbocycles. The van der Waals surface area contributed by atoms with Gasteiger partial charge in [0.05, 0.1) is 0 Å². The van der Waals surface area contributed by atoms with E-state index in [0.29, 0.717) is 17.1 Å². The van der Waals surface area contributed by atoms with Crippen LogP contribution in [0.2, 0.25) is 5.15 Å². The molecule has 1 aromatic rings. The molecule has 118 valence electrons. The molecule has 5 heteroatoms. The van der Waals surface area contributed by atoms with E-state index in [1.807, 2.05) is 6.92 Å². The van der Waals surface area contributed by atoms with Crippen LogP contribution in [-0.4, -0.2) is 29.2 Å². The fourth-order valence-corrected chi connectivity index (χ4v) is 2.68. The second-order valence-electron chi connectivity index (χ2n) is 6.94. The first kappa shape index (κ1) is 16.5. The maximum absolute atomic E-state index is 6.28. The first-order valence-electron chi connectivity index (χ1n) is 7.68. The van der Waals surface area contributed by atoms with E-state index >= 15 is 0 Å². The molecule has 1 saturated heterocycles. The number of halogens is 1. The third-order valence-electron chi connectivity index (χ3n) is 4.09. The summed E-state index contributed by atoms with van der Waals surface area (Å²) in [5.41, 5.74) is 0.805. The summed E-state index contributed by atoms with van der Waals surface area (Å²) in [6.45, 7) is 12.2. The Labute approximate surface area is 132 Å². The molecule has 1 aliphatic rings. The predicted molar refractivity (Wildman–Crippen MR) is 87.1 cm³/mol. The molecule has 0 bridgehead atoms. The normalized spacial score (nSPS) is 18.6. The smallest absolute Gasteiger partial charge is 0.137 e. The van der Waals surface area contributed by atoms with E-state index < -0.39 is 0 Å². The van der Waals surface area contributed by atoms with Crippen molar-refractivity contribution in [1.29, 1.82) is 0 Å². The summed E-state index contributed by atoms with van der Waals surface area (Å²) in [5, 5.41) is 4.08. The lowest BCUT2D eigenvalue weighted by molar-refractivity contribution is 0.0622. The van der Waals surface area contributed by atoms with Crippen molar-refractivity contribution < 1.29 is 4.74 Å². The Morgan fingerprint density at radius 2 is 1.86 bits per heavy atom. The van der Waals surface area contributed by atoms with Crippen molar-refractivity contribution in [1.82, 2.24) is 9.97 Å². The number of hydrogen-bond acceptors (Lipinski definition) is 4. The number of hydrogen-bond donors (Lipinski definition) is 1. The van der Waals surface area contributed by atoms with Crippen molar-refractivity contribution in [3.05, 3.63) is 16.5 Å². The van der Waals surface area contributed by atoms with Crippen molar-refractivity contribution in [3.8, 4) is 0 Å². The molecule has 1 aliphatic heterocycles. The minimum atomic E-state index is -0.115. The van der Waals surface area contributed by atoms with E-state index in [0.717, 1.165) is 43.3 Å². The van der Waals surface area contributed by atoms with Gasteiger partial charge >= 0.3 is 0 Å². The van der Waals surface area contributed by atoms with Crippen molar-refractivity contribution in [2.75, 3.05) is 18.5 Å². The van der Waals surface area contributed by atoms with Crippen LogP contribution in [-0.2, 0) is 10.2 Å². The lowest BCUT2D eigenvalue weighted by Crippen LogP contribution is -2.32. The highest BCUT2D eigenvalue weighted by molar-refractivity contribution is 6.30. The first-order chi connectivity index (χ1) is 9.79. The molecule has 4 nitrogen and oxygen atoms in total. The average Bonchev–Trinajstić information content (AvgIpc) is 2.43. The summed E-state index contributed by atoms with van der Waals surface area (Å²) in [6, 6.07) is 0.353. The second-order valence-corrected chi connectivity index (χ2v) is 7.30. The molecule has 1 N–H and O–H groups in total. The highest BCUT2D eigenvalue weighted by atomic mass is 35.5. The van der Waals surface area contributed by atoms with Crippen LogP contribution < -0.4 is 5.32 Å².